The number of halogens is 1. The van der Waals surface area contributed by atoms with Gasteiger partial charge in [0.2, 0.25) is 0 Å². The summed E-state index contributed by atoms with van der Waals surface area (Å²) in [6.45, 7) is 6.50. The topological polar surface area (TPSA) is 85.5 Å². The molecule has 1 saturated carbocycles. The summed E-state index contributed by atoms with van der Waals surface area (Å²) in [7, 11) is -3.57. The van der Waals surface area contributed by atoms with Gasteiger partial charge in [-0.2, -0.15) is 4.98 Å². The molecule has 0 radical (unpaired) electrons. The van der Waals surface area contributed by atoms with E-state index in [4.69, 9.17) is 9.26 Å². The van der Waals surface area contributed by atoms with Crippen LogP contribution >= 0.6 is 0 Å². The molecule has 2 atom stereocenters. The molecular weight excluding hydrogens is 421 g/mol. The quantitative estimate of drug-likeness (QED) is 0.598. The van der Waals surface area contributed by atoms with Gasteiger partial charge < -0.3 is 14.2 Å². The highest BCUT2D eigenvalue weighted by atomic mass is 32.2. The van der Waals surface area contributed by atoms with E-state index in [1.165, 1.54) is 18.6 Å². The predicted octanol–water partition coefficient (Wildman–Crippen LogP) is 4.06. The summed E-state index contributed by atoms with van der Waals surface area (Å²) in [4.78, 5) is 6.39. The monoisotopic (exact) mass is 451 g/mol. The average molecular weight is 452 g/mol. The molecule has 0 spiro atoms. The number of nitrogens with zero attached hydrogens (tertiary/aromatic N) is 3. The number of piperidine rings is 1. The van der Waals surface area contributed by atoms with Crippen LogP contribution in [-0.2, 0) is 9.84 Å². The zero-order valence-electron chi connectivity index (χ0n) is 18.3. The summed E-state index contributed by atoms with van der Waals surface area (Å²) < 4.78 is 48.0. The fourth-order valence-electron chi connectivity index (χ4n) is 4.49. The summed E-state index contributed by atoms with van der Waals surface area (Å²) in [6, 6.07) is 4.57. The van der Waals surface area contributed by atoms with Gasteiger partial charge in [0, 0.05) is 31.3 Å². The normalized spacial score (nSPS) is 22.2. The summed E-state index contributed by atoms with van der Waals surface area (Å²) >= 11 is 0. The summed E-state index contributed by atoms with van der Waals surface area (Å²) in [5.41, 5.74) is 0. The van der Waals surface area contributed by atoms with Crippen molar-refractivity contribution in [3.63, 3.8) is 0 Å². The van der Waals surface area contributed by atoms with Crippen LogP contribution in [-0.4, -0.2) is 44.5 Å². The van der Waals surface area contributed by atoms with E-state index in [1.54, 1.807) is 0 Å². The number of benzene rings is 1. The van der Waals surface area contributed by atoms with Crippen LogP contribution in [0.15, 0.2) is 27.6 Å². The lowest BCUT2D eigenvalue weighted by Crippen LogP contribution is -2.34. The lowest BCUT2D eigenvalue weighted by atomic mass is 9.90. The number of hydrogen-bond donors (Lipinski definition) is 0. The van der Waals surface area contributed by atoms with Crippen molar-refractivity contribution in [2.75, 3.05) is 30.9 Å². The van der Waals surface area contributed by atoms with Gasteiger partial charge >= 0.3 is 6.01 Å². The van der Waals surface area contributed by atoms with E-state index in [9.17, 15) is 12.8 Å². The molecule has 1 aliphatic heterocycles. The second kappa shape index (κ2) is 8.76. The minimum absolute atomic E-state index is 0.263. The van der Waals surface area contributed by atoms with E-state index < -0.39 is 15.7 Å². The molecule has 0 N–H and O–H groups in total. The number of rotatable bonds is 8. The van der Waals surface area contributed by atoms with E-state index in [-0.39, 0.29) is 10.8 Å². The highest BCUT2D eigenvalue weighted by molar-refractivity contribution is 7.90. The second-order valence-corrected chi connectivity index (χ2v) is 11.1. The third-order valence-electron chi connectivity index (χ3n) is 6.40. The van der Waals surface area contributed by atoms with Crippen LogP contribution in [0.1, 0.15) is 51.3 Å². The third-order valence-corrected chi connectivity index (χ3v) is 7.53. The highest BCUT2D eigenvalue weighted by Gasteiger charge is 2.43. The second-order valence-electron chi connectivity index (χ2n) is 9.08. The van der Waals surface area contributed by atoms with Gasteiger partial charge in [0.05, 0.1) is 6.61 Å². The number of hydrogen-bond acceptors (Lipinski definition) is 7. The van der Waals surface area contributed by atoms with Crippen molar-refractivity contribution in [3.8, 4) is 5.75 Å². The van der Waals surface area contributed by atoms with Crippen LogP contribution in [0.3, 0.4) is 0 Å². The SMILES string of the molecule is CC(C)c1noc(N2CCC([C@@H]3C[C@H]3CCOc3ccc(S(C)(=O)=O)c(F)c3)CC2)n1. The zero-order chi connectivity index (χ0) is 22.2. The smallest absolute Gasteiger partial charge is 0.324 e. The van der Waals surface area contributed by atoms with Gasteiger partial charge in [-0.1, -0.05) is 19.0 Å². The van der Waals surface area contributed by atoms with Gasteiger partial charge in [-0.25, -0.2) is 12.8 Å². The Kier molecular flexibility index (Phi) is 6.23. The van der Waals surface area contributed by atoms with Crippen molar-refractivity contribution in [1.82, 2.24) is 10.1 Å². The number of sulfone groups is 1. The molecule has 0 bridgehead atoms. The Morgan fingerprint density at radius 1 is 1.29 bits per heavy atom. The van der Waals surface area contributed by atoms with Crippen LogP contribution in [0.4, 0.5) is 10.4 Å². The molecule has 2 heterocycles. The summed E-state index contributed by atoms with van der Waals surface area (Å²) in [5.74, 6) is 2.70. The molecule has 2 fully saturated rings. The maximum atomic E-state index is 14.0. The lowest BCUT2D eigenvalue weighted by molar-refractivity contribution is 0.281. The number of ether oxygens (including phenoxy) is 1. The molecule has 2 aromatic rings. The Morgan fingerprint density at radius 2 is 2.03 bits per heavy atom. The molecule has 1 saturated heterocycles. The van der Waals surface area contributed by atoms with E-state index >= 15 is 0 Å². The van der Waals surface area contributed by atoms with Crippen molar-refractivity contribution < 1.29 is 22.1 Å². The minimum atomic E-state index is -3.57. The average Bonchev–Trinajstić information content (AvgIpc) is 3.30. The molecule has 1 aromatic carbocycles. The first-order valence-corrected chi connectivity index (χ1v) is 12.8. The minimum Gasteiger partial charge on any atom is -0.493 e. The van der Waals surface area contributed by atoms with Crippen molar-refractivity contribution in [2.45, 2.75) is 50.3 Å². The van der Waals surface area contributed by atoms with E-state index in [0.717, 1.165) is 56.4 Å². The Labute approximate surface area is 182 Å². The van der Waals surface area contributed by atoms with Crippen molar-refractivity contribution in [3.05, 3.63) is 29.8 Å². The molecular formula is C22H30FN3O4S. The Morgan fingerprint density at radius 3 is 2.65 bits per heavy atom. The Hall–Kier alpha value is -2.16. The van der Waals surface area contributed by atoms with Gasteiger partial charge in [0.25, 0.3) is 0 Å². The van der Waals surface area contributed by atoms with Crippen LogP contribution in [0.2, 0.25) is 0 Å². The standard InChI is InChI=1S/C22H30FN3O4S/c1-14(2)21-24-22(30-25-21)26-9-6-15(7-10-26)18-12-16(18)8-11-29-17-4-5-20(19(23)13-17)31(3,27)28/h4-5,13-16,18H,6-12H2,1-3H3/t16-,18+/m1/s1. The first-order chi connectivity index (χ1) is 14.7. The van der Waals surface area contributed by atoms with Gasteiger partial charge in [0.1, 0.15) is 16.5 Å². The Balaban J connectivity index is 1.20. The molecule has 1 aromatic heterocycles. The van der Waals surface area contributed by atoms with Gasteiger partial charge in [-0.05, 0) is 55.6 Å². The highest BCUT2D eigenvalue weighted by Crippen LogP contribution is 2.50. The lowest BCUT2D eigenvalue weighted by Gasteiger charge is -2.30. The van der Waals surface area contributed by atoms with Gasteiger partial charge in [-0.15, -0.1) is 0 Å². The van der Waals surface area contributed by atoms with Crippen LogP contribution < -0.4 is 9.64 Å². The predicted molar refractivity (Wildman–Crippen MR) is 115 cm³/mol. The molecule has 170 valence electrons. The van der Waals surface area contributed by atoms with Crippen LogP contribution in [0.25, 0.3) is 0 Å². The van der Waals surface area contributed by atoms with E-state index in [0.29, 0.717) is 30.2 Å². The summed E-state index contributed by atoms with van der Waals surface area (Å²) in [6.07, 6.45) is 5.39. The molecule has 0 unspecified atom stereocenters. The molecule has 2 aliphatic rings. The molecule has 1 aliphatic carbocycles. The largest absolute Gasteiger partial charge is 0.493 e. The first-order valence-electron chi connectivity index (χ1n) is 10.9. The van der Waals surface area contributed by atoms with Gasteiger partial charge in [-0.3, -0.25) is 0 Å². The zero-order valence-corrected chi connectivity index (χ0v) is 19.1. The third kappa shape index (κ3) is 5.19. The summed E-state index contributed by atoms with van der Waals surface area (Å²) in [5, 5.41) is 4.06. The van der Waals surface area contributed by atoms with Crippen molar-refractivity contribution in [1.29, 1.82) is 0 Å². The fraction of sp³-hybridized carbons (Fsp3) is 0.636. The molecule has 9 heteroatoms. The molecule has 0 amide bonds. The number of aromatic nitrogens is 2. The maximum Gasteiger partial charge on any atom is 0.324 e. The van der Waals surface area contributed by atoms with Crippen molar-refractivity contribution >= 4 is 15.9 Å². The maximum absolute atomic E-state index is 14.0. The van der Waals surface area contributed by atoms with E-state index in [2.05, 4.69) is 28.9 Å². The molecule has 4 rings (SSSR count). The fourth-order valence-corrected chi connectivity index (χ4v) is 5.22. The van der Waals surface area contributed by atoms with Crippen LogP contribution in [0, 0.1) is 23.6 Å². The van der Waals surface area contributed by atoms with Crippen LogP contribution in [0.5, 0.6) is 5.75 Å². The molecule has 31 heavy (non-hydrogen) atoms. The van der Waals surface area contributed by atoms with E-state index in [1.807, 2.05) is 0 Å². The van der Waals surface area contributed by atoms with Gasteiger partial charge in [0.15, 0.2) is 15.7 Å². The molecule has 7 nitrogen and oxygen atoms in total. The van der Waals surface area contributed by atoms with Crippen molar-refractivity contribution in [2.24, 2.45) is 17.8 Å². The Bertz CT molecular complexity index is 1020. The number of anilines is 1. The first kappa shape index (κ1) is 22.0.